The Hall–Kier alpha value is 0.177. The van der Waals surface area contributed by atoms with Crippen molar-refractivity contribution in [3.05, 3.63) is 0 Å². The molecule has 0 heterocycles. The van der Waals surface area contributed by atoms with Crippen LogP contribution < -0.4 is 0 Å². The van der Waals surface area contributed by atoms with Crippen LogP contribution in [-0.4, -0.2) is 14.9 Å². The second kappa shape index (κ2) is 8.58. The van der Waals surface area contributed by atoms with Crippen molar-refractivity contribution in [3.63, 3.8) is 0 Å². The topological polar surface area (TPSA) is 9.23 Å². The third kappa shape index (κ3) is 3.88. The molecule has 0 aliphatic heterocycles. The molecule has 2 saturated carbocycles. The van der Waals surface area contributed by atoms with E-state index in [0.29, 0.717) is 0 Å². The average Bonchev–Trinajstić information content (AvgIpc) is 2.53. The zero-order valence-electron chi connectivity index (χ0n) is 14.0. The Morgan fingerprint density at radius 1 is 0.800 bits per heavy atom. The van der Waals surface area contributed by atoms with Gasteiger partial charge in [-0.1, -0.05) is 84.0 Å². The average molecular weight is 297 g/mol. The Morgan fingerprint density at radius 2 is 1.30 bits per heavy atom. The van der Waals surface area contributed by atoms with Gasteiger partial charge in [0.1, 0.15) is 0 Å². The molecule has 2 fully saturated rings. The molecule has 118 valence electrons. The fourth-order valence-corrected chi connectivity index (χ4v) is 11.3. The first-order valence-corrected chi connectivity index (χ1v) is 11.7. The minimum atomic E-state index is -1.51. The van der Waals surface area contributed by atoms with Crippen molar-refractivity contribution >= 4 is 8.32 Å². The summed E-state index contributed by atoms with van der Waals surface area (Å²) in [5, 5.41) is 0. The summed E-state index contributed by atoms with van der Waals surface area (Å²) in [5.41, 5.74) is 1.98. The summed E-state index contributed by atoms with van der Waals surface area (Å²) in [6, 6.07) is 1.46. The highest BCUT2D eigenvalue weighted by Crippen LogP contribution is 2.51. The number of unbranched alkanes of at least 4 members (excludes halogenated alkanes) is 1. The maximum absolute atomic E-state index is 6.75. The Bertz CT molecular complexity index is 236. The molecule has 0 aromatic carbocycles. The highest BCUT2D eigenvalue weighted by molar-refractivity contribution is 6.76. The molecule has 0 spiro atoms. The van der Waals surface area contributed by atoms with E-state index in [0.717, 1.165) is 17.7 Å². The maximum atomic E-state index is 6.75. The summed E-state index contributed by atoms with van der Waals surface area (Å²) in [6.07, 6.45) is 17.6. The molecule has 0 aromatic heterocycles. The molecule has 2 aliphatic carbocycles. The number of hydrogen-bond donors (Lipinski definition) is 0. The Balaban J connectivity index is 2.16. The van der Waals surface area contributed by atoms with Crippen molar-refractivity contribution in [3.8, 4) is 0 Å². The van der Waals surface area contributed by atoms with Gasteiger partial charge >= 0.3 is 0 Å². The lowest BCUT2D eigenvalue weighted by Crippen LogP contribution is -2.49. The standard InChI is InChI=1S/C18H36OSi/c1-3-5-16-20(19-4-2,17-12-8-6-9-13-17)18-14-10-7-11-15-18/h17-18H,3-16H2,1-2H3. The zero-order valence-corrected chi connectivity index (χ0v) is 15.0. The van der Waals surface area contributed by atoms with E-state index in [1.165, 1.54) is 83.1 Å². The van der Waals surface area contributed by atoms with Crippen molar-refractivity contribution < 1.29 is 4.43 Å². The van der Waals surface area contributed by atoms with Gasteiger partial charge < -0.3 is 4.43 Å². The molecule has 0 unspecified atom stereocenters. The summed E-state index contributed by atoms with van der Waals surface area (Å²) in [6.45, 7) is 5.58. The largest absolute Gasteiger partial charge is 0.417 e. The normalized spacial score (nSPS) is 23.1. The SMILES string of the molecule is CCCC[Si](OCC)(C1CCCCC1)C1CCCCC1. The van der Waals surface area contributed by atoms with Crippen LogP contribution in [0.25, 0.3) is 0 Å². The van der Waals surface area contributed by atoms with Crippen LogP contribution in [0.3, 0.4) is 0 Å². The van der Waals surface area contributed by atoms with E-state index in [4.69, 9.17) is 4.43 Å². The van der Waals surface area contributed by atoms with Gasteiger partial charge in [0, 0.05) is 6.61 Å². The lowest BCUT2D eigenvalue weighted by Gasteiger charge is -2.47. The zero-order chi connectivity index (χ0) is 14.3. The summed E-state index contributed by atoms with van der Waals surface area (Å²) >= 11 is 0. The molecule has 1 nitrogen and oxygen atoms in total. The fourth-order valence-electron chi connectivity index (χ4n) is 4.95. The molecule has 0 aromatic rings. The minimum Gasteiger partial charge on any atom is -0.417 e. The van der Waals surface area contributed by atoms with Gasteiger partial charge in [-0.2, -0.15) is 0 Å². The van der Waals surface area contributed by atoms with E-state index >= 15 is 0 Å². The molecule has 20 heavy (non-hydrogen) atoms. The van der Waals surface area contributed by atoms with Gasteiger partial charge in [0.15, 0.2) is 8.32 Å². The summed E-state index contributed by atoms with van der Waals surface area (Å²) in [5.74, 6) is 0. The van der Waals surface area contributed by atoms with Crippen molar-refractivity contribution in [1.29, 1.82) is 0 Å². The second-order valence-electron chi connectivity index (χ2n) is 7.16. The predicted molar refractivity (Wildman–Crippen MR) is 90.8 cm³/mol. The highest BCUT2D eigenvalue weighted by Gasteiger charge is 2.48. The van der Waals surface area contributed by atoms with Crippen LogP contribution >= 0.6 is 0 Å². The smallest absolute Gasteiger partial charge is 0.198 e. The Labute approximate surface area is 128 Å². The number of rotatable bonds is 7. The molecular formula is C18H36OSi. The molecule has 0 atom stereocenters. The lowest BCUT2D eigenvalue weighted by molar-refractivity contribution is 0.270. The first-order chi connectivity index (χ1) is 9.83. The van der Waals surface area contributed by atoms with E-state index < -0.39 is 8.32 Å². The van der Waals surface area contributed by atoms with Gasteiger partial charge in [-0.25, -0.2) is 0 Å². The van der Waals surface area contributed by atoms with Crippen LogP contribution in [-0.2, 0) is 4.43 Å². The summed E-state index contributed by atoms with van der Waals surface area (Å²) in [7, 11) is -1.51. The van der Waals surface area contributed by atoms with Crippen LogP contribution in [0.5, 0.6) is 0 Å². The van der Waals surface area contributed by atoms with E-state index in [-0.39, 0.29) is 0 Å². The molecule has 0 saturated heterocycles. The van der Waals surface area contributed by atoms with Gasteiger partial charge in [0.2, 0.25) is 0 Å². The predicted octanol–water partition coefficient (Wildman–Crippen LogP) is 6.44. The van der Waals surface area contributed by atoms with E-state index in [9.17, 15) is 0 Å². The lowest BCUT2D eigenvalue weighted by atomic mass is 9.99. The third-order valence-corrected chi connectivity index (χ3v) is 11.8. The van der Waals surface area contributed by atoms with Gasteiger partial charge in [-0.05, 0) is 24.1 Å². The van der Waals surface area contributed by atoms with Crippen LogP contribution in [0, 0.1) is 0 Å². The molecule has 0 bridgehead atoms. The van der Waals surface area contributed by atoms with E-state index in [2.05, 4.69) is 13.8 Å². The first kappa shape index (κ1) is 16.5. The Kier molecular flexibility index (Phi) is 7.10. The third-order valence-electron chi connectivity index (χ3n) is 5.93. The van der Waals surface area contributed by atoms with E-state index in [1.54, 1.807) is 0 Å². The molecular weight excluding hydrogens is 260 g/mol. The van der Waals surface area contributed by atoms with Gasteiger partial charge in [0.05, 0.1) is 0 Å². The maximum Gasteiger partial charge on any atom is 0.198 e. The first-order valence-electron chi connectivity index (χ1n) is 9.47. The van der Waals surface area contributed by atoms with Crippen molar-refractivity contribution in [2.45, 2.75) is 108 Å². The fraction of sp³-hybridized carbons (Fsp3) is 1.00. The van der Waals surface area contributed by atoms with Crippen molar-refractivity contribution in [1.82, 2.24) is 0 Å². The van der Waals surface area contributed by atoms with Crippen LogP contribution in [0.1, 0.15) is 90.9 Å². The Morgan fingerprint density at radius 3 is 1.70 bits per heavy atom. The van der Waals surface area contributed by atoms with Crippen LogP contribution in [0.4, 0.5) is 0 Å². The minimum absolute atomic E-state index is 0.975. The van der Waals surface area contributed by atoms with Gasteiger partial charge in [-0.3, -0.25) is 0 Å². The van der Waals surface area contributed by atoms with Gasteiger partial charge in [-0.15, -0.1) is 0 Å². The van der Waals surface area contributed by atoms with E-state index in [1.807, 2.05) is 0 Å². The molecule has 0 N–H and O–H groups in total. The molecule has 0 amide bonds. The molecule has 2 aliphatic rings. The summed E-state index contributed by atoms with van der Waals surface area (Å²) < 4.78 is 6.75. The van der Waals surface area contributed by atoms with Gasteiger partial charge in [0.25, 0.3) is 0 Å². The van der Waals surface area contributed by atoms with Crippen LogP contribution in [0.2, 0.25) is 17.1 Å². The quantitative estimate of drug-likeness (QED) is 0.491. The monoisotopic (exact) mass is 296 g/mol. The number of hydrogen-bond acceptors (Lipinski definition) is 1. The van der Waals surface area contributed by atoms with Crippen molar-refractivity contribution in [2.24, 2.45) is 0 Å². The van der Waals surface area contributed by atoms with Crippen LogP contribution in [0.15, 0.2) is 0 Å². The second-order valence-corrected chi connectivity index (χ2v) is 11.5. The molecule has 0 radical (unpaired) electrons. The summed E-state index contributed by atoms with van der Waals surface area (Å²) in [4.78, 5) is 0. The van der Waals surface area contributed by atoms with Crippen molar-refractivity contribution in [2.75, 3.05) is 6.61 Å². The molecule has 2 heteroatoms. The highest BCUT2D eigenvalue weighted by atomic mass is 28.4. The molecule has 2 rings (SSSR count).